The molecule has 0 amide bonds. The number of carbonyl (C=O) groups is 1. The Balaban J connectivity index is 1.74. The molecule has 0 saturated heterocycles. The molecule has 0 aliphatic carbocycles. The number of ether oxygens (including phenoxy) is 2. The van der Waals surface area contributed by atoms with Crippen LogP contribution in [0.15, 0.2) is 54.6 Å². The van der Waals surface area contributed by atoms with Crippen molar-refractivity contribution in [3.8, 4) is 11.5 Å². The van der Waals surface area contributed by atoms with Gasteiger partial charge in [0.2, 0.25) is 0 Å². The summed E-state index contributed by atoms with van der Waals surface area (Å²) in [5.74, 6) is 0.129. The first kappa shape index (κ1) is 21.8. The van der Waals surface area contributed by atoms with Gasteiger partial charge in [-0.25, -0.2) is 4.79 Å². The minimum absolute atomic E-state index is 0.259. The van der Waals surface area contributed by atoms with Crippen LogP contribution in [0.5, 0.6) is 11.5 Å². The van der Waals surface area contributed by atoms with Crippen LogP contribution in [0.1, 0.15) is 27.0 Å². The second kappa shape index (κ2) is 9.74. The lowest BCUT2D eigenvalue weighted by Crippen LogP contribution is -2.06. The Morgan fingerprint density at radius 1 is 1.07 bits per heavy atom. The van der Waals surface area contributed by atoms with E-state index < -0.39 is 5.97 Å². The smallest absolute Gasteiger partial charge is 0.336 e. The lowest BCUT2D eigenvalue weighted by molar-refractivity contribution is 0.0696. The lowest BCUT2D eigenvalue weighted by atomic mass is 10.1. The van der Waals surface area contributed by atoms with Crippen molar-refractivity contribution >= 4 is 34.9 Å². The van der Waals surface area contributed by atoms with E-state index in [0.29, 0.717) is 40.3 Å². The molecular weight excluding hydrogens is 425 g/mol. The molecule has 3 aromatic rings. The molecule has 30 heavy (non-hydrogen) atoms. The minimum Gasteiger partial charge on any atom is -0.493 e. The van der Waals surface area contributed by atoms with Gasteiger partial charge in [-0.05, 0) is 53.9 Å². The van der Waals surface area contributed by atoms with Crippen molar-refractivity contribution in [2.75, 3.05) is 12.4 Å². The molecule has 0 spiro atoms. The molecule has 0 heterocycles. The summed E-state index contributed by atoms with van der Waals surface area (Å²) in [5.41, 5.74) is 3.42. The van der Waals surface area contributed by atoms with Gasteiger partial charge in [0, 0.05) is 28.3 Å². The van der Waals surface area contributed by atoms with E-state index in [1.54, 1.807) is 44.4 Å². The zero-order valence-corrected chi connectivity index (χ0v) is 18.1. The highest BCUT2D eigenvalue weighted by atomic mass is 35.5. The van der Waals surface area contributed by atoms with Gasteiger partial charge in [-0.1, -0.05) is 41.4 Å². The molecule has 3 aromatic carbocycles. The number of rotatable bonds is 8. The number of methoxy groups -OCH3 is 1. The van der Waals surface area contributed by atoms with Gasteiger partial charge < -0.3 is 19.9 Å². The molecule has 0 radical (unpaired) electrons. The Morgan fingerprint density at radius 3 is 2.47 bits per heavy atom. The molecule has 3 rings (SSSR count). The van der Waals surface area contributed by atoms with Gasteiger partial charge in [-0.15, -0.1) is 0 Å². The van der Waals surface area contributed by atoms with Crippen LogP contribution < -0.4 is 14.8 Å². The Labute approximate surface area is 185 Å². The average molecular weight is 446 g/mol. The summed E-state index contributed by atoms with van der Waals surface area (Å²) in [5, 5.41) is 13.7. The molecule has 0 aliphatic heterocycles. The highest BCUT2D eigenvalue weighted by Crippen LogP contribution is 2.34. The van der Waals surface area contributed by atoms with E-state index >= 15 is 0 Å². The SMILES string of the molecule is COc1cc(CNc2cccc(C(=O)O)c2C)c(Cl)cc1OCc1ccc(Cl)cc1. The summed E-state index contributed by atoms with van der Waals surface area (Å²) in [4.78, 5) is 11.3. The minimum atomic E-state index is -0.960. The van der Waals surface area contributed by atoms with Gasteiger partial charge >= 0.3 is 5.97 Å². The highest BCUT2D eigenvalue weighted by molar-refractivity contribution is 6.31. The number of hydrogen-bond acceptors (Lipinski definition) is 4. The van der Waals surface area contributed by atoms with E-state index in [9.17, 15) is 9.90 Å². The van der Waals surface area contributed by atoms with Crippen molar-refractivity contribution in [1.82, 2.24) is 0 Å². The Morgan fingerprint density at radius 2 is 1.80 bits per heavy atom. The largest absolute Gasteiger partial charge is 0.493 e. The fraction of sp³-hybridized carbons (Fsp3) is 0.174. The fourth-order valence-electron chi connectivity index (χ4n) is 2.98. The predicted octanol–water partition coefficient (Wildman–Crippen LogP) is 6.20. The number of carboxylic acid groups (broad SMARTS) is 1. The fourth-order valence-corrected chi connectivity index (χ4v) is 3.32. The highest BCUT2D eigenvalue weighted by Gasteiger charge is 2.13. The van der Waals surface area contributed by atoms with Crippen LogP contribution >= 0.6 is 23.2 Å². The van der Waals surface area contributed by atoms with E-state index in [1.165, 1.54) is 0 Å². The third-order valence-corrected chi connectivity index (χ3v) is 5.28. The predicted molar refractivity (Wildman–Crippen MR) is 119 cm³/mol. The van der Waals surface area contributed by atoms with Crippen LogP contribution in [-0.4, -0.2) is 18.2 Å². The molecule has 0 saturated carbocycles. The summed E-state index contributed by atoms with van der Waals surface area (Å²) < 4.78 is 11.3. The summed E-state index contributed by atoms with van der Waals surface area (Å²) >= 11 is 12.4. The van der Waals surface area contributed by atoms with Crippen molar-refractivity contribution in [2.45, 2.75) is 20.1 Å². The monoisotopic (exact) mass is 445 g/mol. The van der Waals surface area contributed by atoms with Gasteiger partial charge in [-0.2, -0.15) is 0 Å². The molecule has 7 heteroatoms. The molecule has 5 nitrogen and oxygen atoms in total. The maximum absolute atomic E-state index is 11.3. The number of anilines is 1. The lowest BCUT2D eigenvalue weighted by Gasteiger charge is -2.16. The third kappa shape index (κ3) is 5.17. The molecule has 0 aliphatic rings. The van der Waals surface area contributed by atoms with Gasteiger partial charge in [0.15, 0.2) is 11.5 Å². The molecule has 0 bridgehead atoms. The number of halogens is 2. The van der Waals surface area contributed by atoms with E-state index in [0.717, 1.165) is 16.8 Å². The van der Waals surface area contributed by atoms with Crippen LogP contribution in [0, 0.1) is 6.92 Å². The maximum atomic E-state index is 11.3. The Kier molecular flexibility index (Phi) is 7.08. The molecule has 0 unspecified atom stereocenters. The van der Waals surface area contributed by atoms with Crippen molar-refractivity contribution < 1.29 is 19.4 Å². The second-order valence-electron chi connectivity index (χ2n) is 6.65. The van der Waals surface area contributed by atoms with Crippen LogP contribution in [-0.2, 0) is 13.2 Å². The van der Waals surface area contributed by atoms with Gasteiger partial charge in [-0.3, -0.25) is 0 Å². The molecule has 0 aromatic heterocycles. The molecule has 156 valence electrons. The van der Waals surface area contributed by atoms with Crippen molar-refractivity contribution in [3.05, 3.63) is 86.9 Å². The van der Waals surface area contributed by atoms with Crippen LogP contribution in [0.3, 0.4) is 0 Å². The third-order valence-electron chi connectivity index (χ3n) is 4.67. The standard InChI is InChI=1S/C23H21Cl2NO4/c1-14-18(23(27)28)4-3-5-20(14)26-12-16-10-21(29-2)22(11-19(16)25)30-13-15-6-8-17(24)9-7-15/h3-11,26H,12-13H2,1-2H3,(H,27,28). The van der Waals surface area contributed by atoms with Crippen LogP contribution in [0.25, 0.3) is 0 Å². The zero-order chi connectivity index (χ0) is 21.7. The first-order valence-electron chi connectivity index (χ1n) is 9.19. The Bertz CT molecular complexity index is 1050. The zero-order valence-electron chi connectivity index (χ0n) is 16.5. The first-order valence-corrected chi connectivity index (χ1v) is 9.95. The number of nitrogens with one attached hydrogen (secondary N) is 1. The molecule has 0 fully saturated rings. The molecule has 0 atom stereocenters. The summed E-state index contributed by atoms with van der Waals surface area (Å²) in [7, 11) is 1.57. The molecule has 2 N–H and O–H groups in total. The van der Waals surface area contributed by atoms with E-state index in [4.69, 9.17) is 32.7 Å². The number of hydrogen-bond donors (Lipinski definition) is 2. The molecular formula is C23H21Cl2NO4. The van der Waals surface area contributed by atoms with Crippen molar-refractivity contribution in [3.63, 3.8) is 0 Å². The van der Waals surface area contributed by atoms with Crippen LogP contribution in [0.2, 0.25) is 10.0 Å². The van der Waals surface area contributed by atoms with Crippen molar-refractivity contribution in [1.29, 1.82) is 0 Å². The second-order valence-corrected chi connectivity index (χ2v) is 7.49. The van der Waals surface area contributed by atoms with Crippen molar-refractivity contribution in [2.24, 2.45) is 0 Å². The topological polar surface area (TPSA) is 67.8 Å². The maximum Gasteiger partial charge on any atom is 0.336 e. The summed E-state index contributed by atoms with van der Waals surface area (Å²) in [6.07, 6.45) is 0. The normalized spacial score (nSPS) is 10.5. The number of aromatic carboxylic acids is 1. The summed E-state index contributed by atoms with van der Waals surface area (Å²) in [6, 6.07) is 16.0. The quantitative estimate of drug-likeness (QED) is 0.431. The van der Waals surface area contributed by atoms with Gasteiger partial charge in [0.05, 0.1) is 12.7 Å². The van der Waals surface area contributed by atoms with E-state index in [2.05, 4.69) is 5.32 Å². The van der Waals surface area contributed by atoms with E-state index in [1.807, 2.05) is 24.3 Å². The summed E-state index contributed by atoms with van der Waals surface area (Å²) in [6.45, 7) is 2.51. The first-order chi connectivity index (χ1) is 14.4. The number of carboxylic acids is 1. The van der Waals surface area contributed by atoms with Gasteiger partial charge in [0.25, 0.3) is 0 Å². The van der Waals surface area contributed by atoms with E-state index in [-0.39, 0.29) is 5.56 Å². The number of benzene rings is 3. The van der Waals surface area contributed by atoms with Crippen LogP contribution in [0.4, 0.5) is 5.69 Å². The average Bonchev–Trinajstić information content (AvgIpc) is 2.73. The Hall–Kier alpha value is -2.89. The van der Waals surface area contributed by atoms with Gasteiger partial charge in [0.1, 0.15) is 6.61 Å².